The molecule has 17 heavy (non-hydrogen) atoms. The number of aromatic nitrogens is 1. The van der Waals surface area contributed by atoms with Crippen molar-refractivity contribution >= 4 is 11.8 Å². The second-order valence-corrected chi connectivity index (χ2v) is 4.95. The highest BCUT2D eigenvalue weighted by Gasteiger charge is 2.03. The first-order chi connectivity index (χ1) is 8.29. The topological polar surface area (TPSA) is 24.9 Å². The summed E-state index contributed by atoms with van der Waals surface area (Å²) in [5, 5.41) is 4.23. The van der Waals surface area contributed by atoms with Gasteiger partial charge in [0, 0.05) is 17.1 Å². The van der Waals surface area contributed by atoms with Gasteiger partial charge in [0.25, 0.3) is 0 Å². The second-order valence-electron chi connectivity index (χ2n) is 3.86. The van der Waals surface area contributed by atoms with Crippen molar-refractivity contribution < 1.29 is 0 Å². The van der Waals surface area contributed by atoms with E-state index in [1.807, 2.05) is 31.4 Å². The van der Waals surface area contributed by atoms with Gasteiger partial charge in [-0.05, 0) is 37.7 Å². The van der Waals surface area contributed by atoms with Crippen molar-refractivity contribution in [3.8, 4) is 0 Å². The van der Waals surface area contributed by atoms with Crippen molar-refractivity contribution in [1.29, 1.82) is 0 Å². The molecule has 88 valence electrons. The Kier molecular flexibility index (Phi) is 4.18. The first-order valence-corrected chi connectivity index (χ1v) is 6.47. The van der Waals surface area contributed by atoms with Crippen molar-refractivity contribution in [3.05, 3.63) is 54.2 Å². The van der Waals surface area contributed by atoms with Gasteiger partial charge in [-0.15, -0.1) is 0 Å². The van der Waals surface area contributed by atoms with Crippen molar-refractivity contribution in [2.45, 2.75) is 22.9 Å². The van der Waals surface area contributed by atoms with Crippen LogP contribution in [0.5, 0.6) is 0 Å². The molecule has 0 aliphatic heterocycles. The van der Waals surface area contributed by atoms with E-state index in [1.54, 1.807) is 11.8 Å². The monoisotopic (exact) mass is 244 g/mol. The summed E-state index contributed by atoms with van der Waals surface area (Å²) in [6, 6.07) is 14.8. The van der Waals surface area contributed by atoms with Crippen LogP contribution in [0, 0.1) is 0 Å². The summed E-state index contributed by atoms with van der Waals surface area (Å²) in [7, 11) is 1.96. The number of nitrogens with one attached hydrogen (secondary N) is 1. The van der Waals surface area contributed by atoms with E-state index in [4.69, 9.17) is 0 Å². The lowest BCUT2D eigenvalue weighted by Gasteiger charge is -2.10. The molecule has 2 aromatic rings. The molecule has 0 saturated heterocycles. The van der Waals surface area contributed by atoms with Gasteiger partial charge >= 0.3 is 0 Å². The maximum Gasteiger partial charge on any atom is 0.101 e. The van der Waals surface area contributed by atoms with Crippen molar-refractivity contribution in [2.75, 3.05) is 7.05 Å². The molecule has 0 spiro atoms. The quantitative estimate of drug-likeness (QED) is 0.891. The maximum absolute atomic E-state index is 4.47. The van der Waals surface area contributed by atoms with E-state index >= 15 is 0 Å². The van der Waals surface area contributed by atoms with Gasteiger partial charge in [-0.3, -0.25) is 0 Å². The minimum Gasteiger partial charge on any atom is -0.313 e. The molecule has 0 aliphatic carbocycles. The van der Waals surface area contributed by atoms with E-state index in [1.165, 1.54) is 10.5 Å². The highest BCUT2D eigenvalue weighted by atomic mass is 32.2. The zero-order chi connectivity index (χ0) is 12.1. The summed E-state index contributed by atoms with van der Waals surface area (Å²) < 4.78 is 0. The Hall–Kier alpha value is -1.32. The maximum atomic E-state index is 4.47. The lowest BCUT2D eigenvalue weighted by molar-refractivity contribution is 0.648. The highest BCUT2D eigenvalue weighted by Crippen LogP contribution is 2.26. The number of hydrogen-bond donors (Lipinski definition) is 1. The molecule has 1 heterocycles. The van der Waals surface area contributed by atoms with Gasteiger partial charge in [0.1, 0.15) is 5.03 Å². The Balaban J connectivity index is 2.08. The lowest BCUT2D eigenvalue weighted by atomic mass is 10.1. The van der Waals surface area contributed by atoms with Gasteiger partial charge in [-0.1, -0.05) is 36.0 Å². The summed E-state index contributed by atoms with van der Waals surface area (Å²) in [5.41, 5.74) is 1.21. The minimum atomic E-state index is 0.346. The van der Waals surface area contributed by atoms with Crippen molar-refractivity contribution in [1.82, 2.24) is 10.3 Å². The molecule has 0 saturated carbocycles. The molecule has 3 heteroatoms. The molecule has 1 N–H and O–H groups in total. The van der Waals surface area contributed by atoms with Crippen LogP contribution in [0.15, 0.2) is 58.6 Å². The summed E-state index contributed by atoms with van der Waals surface area (Å²) in [6.45, 7) is 2.13. The molecule has 0 amide bonds. The molecular weight excluding hydrogens is 228 g/mol. The SMILES string of the molecule is CNC(C)c1ccc(Sc2ccccc2)nc1. The number of rotatable bonds is 4. The van der Waals surface area contributed by atoms with Crippen LogP contribution in [0.2, 0.25) is 0 Å². The summed E-state index contributed by atoms with van der Waals surface area (Å²) in [4.78, 5) is 5.68. The van der Waals surface area contributed by atoms with Crippen LogP contribution in [0.4, 0.5) is 0 Å². The standard InChI is InChI=1S/C14H16N2S/c1-11(15-2)12-8-9-14(16-10-12)17-13-6-4-3-5-7-13/h3-11,15H,1-2H3. The smallest absolute Gasteiger partial charge is 0.101 e. The van der Waals surface area contributed by atoms with Gasteiger partial charge < -0.3 is 5.32 Å². The molecule has 0 bridgehead atoms. The van der Waals surface area contributed by atoms with E-state index in [9.17, 15) is 0 Å². The molecule has 0 aliphatic rings. The van der Waals surface area contributed by atoms with Gasteiger partial charge in [0.2, 0.25) is 0 Å². The molecule has 2 nitrogen and oxygen atoms in total. The fourth-order valence-electron chi connectivity index (χ4n) is 1.48. The average molecular weight is 244 g/mol. The van der Waals surface area contributed by atoms with Gasteiger partial charge in [-0.25, -0.2) is 4.98 Å². The van der Waals surface area contributed by atoms with Crippen LogP contribution in [0.25, 0.3) is 0 Å². The Morgan fingerprint density at radius 2 is 1.88 bits per heavy atom. The molecule has 1 aromatic heterocycles. The Morgan fingerprint density at radius 1 is 1.12 bits per heavy atom. The largest absolute Gasteiger partial charge is 0.313 e. The number of pyridine rings is 1. The van der Waals surface area contributed by atoms with Crippen LogP contribution < -0.4 is 5.32 Å². The fraction of sp³-hybridized carbons (Fsp3) is 0.214. The Labute approximate surface area is 106 Å². The molecule has 1 aromatic carbocycles. The first-order valence-electron chi connectivity index (χ1n) is 5.65. The third kappa shape index (κ3) is 3.32. The van der Waals surface area contributed by atoms with Gasteiger partial charge in [0.05, 0.1) is 0 Å². The zero-order valence-electron chi connectivity index (χ0n) is 10.1. The van der Waals surface area contributed by atoms with Crippen LogP contribution in [-0.4, -0.2) is 12.0 Å². The Bertz CT molecular complexity index is 453. The lowest BCUT2D eigenvalue weighted by Crippen LogP contribution is -2.12. The van der Waals surface area contributed by atoms with E-state index in [0.717, 1.165) is 5.03 Å². The van der Waals surface area contributed by atoms with Crippen molar-refractivity contribution in [3.63, 3.8) is 0 Å². The molecule has 0 fully saturated rings. The fourth-order valence-corrected chi connectivity index (χ4v) is 2.26. The number of nitrogens with zero attached hydrogens (tertiary/aromatic N) is 1. The molecular formula is C14H16N2S. The average Bonchev–Trinajstić information content (AvgIpc) is 2.40. The molecule has 2 rings (SSSR count). The molecule has 1 atom stereocenters. The van der Waals surface area contributed by atoms with E-state index in [2.05, 4.69) is 41.5 Å². The third-order valence-corrected chi connectivity index (χ3v) is 3.62. The molecule has 0 radical (unpaired) electrons. The van der Waals surface area contributed by atoms with Crippen molar-refractivity contribution in [2.24, 2.45) is 0 Å². The highest BCUT2D eigenvalue weighted by molar-refractivity contribution is 7.99. The normalized spacial score (nSPS) is 12.4. The number of benzene rings is 1. The predicted octanol–water partition coefficient (Wildman–Crippen LogP) is 3.51. The van der Waals surface area contributed by atoms with Gasteiger partial charge in [0.15, 0.2) is 0 Å². The van der Waals surface area contributed by atoms with Crippen LogP contribution in [0.1, 0.15) is 18.5 Å². The summed E-state index contributed by atoms with van der Waals surface area (Å²) in [5.74, 6) is 0. The van der Waals surface area contributed by atoms with E-state index < -0.39 is 0 Å². The Morgan fingerprint density at radius 3 is 2.47 bits per heavy atom. The zero-order valence-corrected chi connectivity index (χ0v) is 10.9. The minimum absolute atomic E-state index is 0.346. The van der Waals surface area contributed by atoms with Crippen LogP contribution in [0.3, 0.4) is 0 Å². The van der Waals surface area contributed by atoms with E-state index in [-0.39, 0.29) is 0 Å². The second kappa shape index (κ2) is 5.84. The summed E-state index contributed by atoms with van der Waals surface area (Å²) >= 11 is 1.68. The van der Waals surface area contributed by atoms with Gasteiger partial charge in [-0.2, -0.15) is 0 Å². The van der Waals surface area contributed by atoms with Crippen LogP contribution in [-0.2, 0) is 0 Å². The van der Waals surface area contributed by atoms with E-state index in [0.29, 0.717) is 6.04 Å². The predicted molar refractivity (Wildman–Crippen MR) is 72.3 cm³/mol. The number of hydrogen-bond acceptors (Lipinski definition) is 3. The molecule has 1 unspecified atom stereocenters. The third-order valence-electron chi connectivity index (χ3n) is 2.66. The summed E-state index contributed by atoms with van der Waals surface area (Å²) in [6.07, 6.45) is 1.94. The van der Waals surface area contributed by atoms with Crippen LogP contribution >= 0.6 is 11.8 Å². The first kappa shape index (κ1) is 12.1.